The van der Waals surface area contributed by atoms with E-state index < -0.39 is 6.04 Å². The normalized spacial score (nSPS) is 12.4. The molecule has 3 N–H and O–H groups in total. The Morgan fingerprint density at radius 1 is 1.19 bits per heavy atom. The number of carbonyl (C=O) groups is 1. The lowest BCUT2D eigenvalue weighted by atomic mass is 10.0. The zero-order valence-electron chi connectivity index (χ0n) is 12.7. The Morgan fingerprint density at radius 3 is 2.52 bits per heavy atom. The highest BCUT2D eigenvalue weighted by Crippen LogP contribution is 2.21. The van der Waals surface area contributed by atoms with E-state index in [1.54, 1.807) is 7.11 Å². The molecule has 0 saturated carbocycles. The highest BCUT2D eigenvalue weighted by atomic mass is 16.5. The fourth-order valence-electron chi connectivity index (χ4n) is 2.12. The van der Waals surface area contributed by atoms with Crippen LogP contribution in [0.25, 0.3) is 10.8 Å². The van der Waals surface area contributed by atoms with Crippen LogP contribution >= 0.6 is 0 Å². The van der Waals surface area contributed by atoms with Crippen LogP contribution in [0, 0.1) is 5.92 Å². The van der Waals surface area contributed by atoms with Gasteiger partial charge >= 0.3 is 0 Å². The highest BCUT2D eigenvalue weighted by molar-refractivity contribution is 5.85. The second kappa shape index (κ2) is 6.59. The molecule has 112 valence electrons. The van der Waals surface area contributed by atoms with Gasteiger partial charge in [0.2, 0.25) is 5.91 Å². The second-order valence-electron chi connectivity index (χ2n) is 5.54. The molecular weight excluding hydrogens is 264 g/mol. The van der Waals surface area contributed by atoms with E-state index in [2.05, 4.69) is 11.4 Å². The lowest BCUT2D eigenvalue weighted by Crippen LogP contribution is -2.43. The molecule has 2 aromatic carbocycles. The summed E-state index contributed by atoms with van der Waals surface area (Å²) in [6.45, 7) is 4.36. The standard InChI is InChI=1S/C17H22N2O2/c1-11(2)16(18)17(20)19-10-12-4-5-14-9-15(21-3)7-6-13(14)8-12/h4-9,11,16H,10,18H2,1-3H3,(H,19,20). The fourth-order valence-corrected chi connectivity index (χ4v) is 2.12. The third kappa shape index (κ3) is 3.73. The van der Waals surface area contributed by atoms with Crippen molar-refractivity contribution in [1.29, 1.82) is 0 Å². The van der Waals surface area contributed by atoms with Crippen molar-refractivity contribution < 1.29 is 9.53 Å². The Hall–Kier alpha value is -2.07. The van der Waals surface area contributed by atoms with Gasteiger partial charge in [0.05, 0.1) is 13.2 Å². The van der Waals surface area contributed by atoms with Crippen LogP contribution in [0.2, 0.25) is 0 Å². The van der Waals surface area contributed by atoms with E-state index in [4.69, 9.17) is 10.5 Å². The van der Waals surface area contributed by atoms with Gasteiger partial charge in [0.25, 0.3) is 0 Å². The van der Waals surface area contributed by atoms with Crippen molar-refractivity contribution in [3.63, 3.8) is 0 Å². The van der Waals surface area contributed by atoms with Crippen molar-refractivity contribution >= 4 is 16.7 Å². The van der Waals surface area contributed by atoms with E-state index in [0.29, 0.717) is 6.54 Å². The number of hydrogen-bond donors (Lipinski definition) is 2. The summed E-state index contributed by atoms with van der Waals surface area (Å²) in [6.07, 6.45) is 0. The van der Waals surface area contributed by atoms with Crippen LogP contribution in [0.4, 0.5) is 0 Å². The first-order valence-corrected chi connectivity index (χ1v) is 7.11. The number of hydrogen-bond acceptors (Lipinski definition) is 3. The van der Waals surface area contributed by atoms with Crippen LogP contribution < -0.4 is 15.8 Å². The van der Waals surface area contributed by atoms with Crippen LogP contribution in [0.15, 0.2) is 36.4 Å². The predicted octanol–water partition coefficient (Wildman–Crippen LogP) is 2.45. The van der Waals surface area contributed by atoms with Gasteiger partial charge in [-0.05, 0) is 40.5 Å². The topological polar surface area (TPSA) is 64.3 Å². The highest BCUT2D eigenvalue weighted by Gasteiger charge is 2.16. The molecule has 0 fully saturated rings. The largest absolute Gasteiger partial charge is 0.497 e. The summed E-state index contributed by atoms with van der Waals surface area (Å²) in [6, 6.07) is 11.6. The fraction of sp³-hybridized carbons (Fsp3) is 0.353. The summed E-state index contributed by atoms with van der Waals surface area (Å²) >= 11 is 0. The van der Waals surface area contributed by atoms with Gasteiger partial charge in [0.15, 0.2) is 0 Å². The van der Waals surface area contributed by atoms with Gasteiger partial charge in [-0.3, -0.25) is 4.79 Å². The molecule has 0 bridgehead atoms. The third-order valence-electron chi connectivity index (χ3n) is 3.60. The van der Waals surface area contributed by atoms with Crippen molar-refractivity contribution in [2.24, 2.45) is 11.7 Å². The first-order valence-electron chi connectivity index (χ1n) is 7.11. The van der Waals surface area contributed by atoms with E-state index >= 15 is 0 Å². The maximum absolute atomic E-state index is 11.9. The van der Waals surface area contributed by atoms with Crippen LogP contribution in [0.5, 0.6) is 5.75 Å². The number of rotatable bonds is 5. The van der Waals surface area contributed by atoms with Gasteiger partial charge in [-0.2, -0.15) is 0 Å². The Morgan fingerprint density at radius 2 is 1.86 bits per heavy atom. The number of nitrogens with one attached hydrogen (secondary N) is 1. The van der Waals surface area contributed by atoms with Crippen LogP contribution in [0.1, 0.15) is 19.4 Å². The molecule has 1 amide bonds. The van der Waals surface area contributed by atoms with Gasteiger partial charge in [-0.25, -0.2) is 0 Å². The molecule has 0 heterocycles. The molecule has 1 unspecified atom stereocenters. The maximum Gasteiger partial charge on any atom is 0.237 e. The van der Waals surface area contributed by atoms with E-state index in [1.807, 2.05) is 44.2 Å². The first kappa shape index (κ1) is 15.3. The van der Waals surface area contributed by atoms with Crippen molar-refractivity contribution in [3.8, 4) is 5.75 Å². The molecule has 4 nitrogen and oxygen atoms in total. The summed E-state index contributed by atoms with van der Waals surface area (Å²) in [5.74, 6) is 0.861. The molecule has 1 atom stereocenters. The molecule has 0 aromatic heterocycles. The number of benzene rings is 2. The van der Waals surface area contributed by atoms with E-state index in [1.165, 1.54) is 0 Å². The number of amides is 1. The molecule has 21 heavy (non-hydrogen) atoms. The zero-order chi connectivity index (χ0) is 15.4. The number of carbonyl (C=O) groups excluding carboxylic acids is 1. The van der Waals surface area contributed by atoms with Crippen molar-refractivity contribution in [2.45, 2.75) is 26.4 Å². The van der Waals surface area contributed by atoms with E-state index in [9.17, 15) is 4.79 Å². The Kier molecular flexibility index (Phi) is 4.81. The number of ether oxygens (including phenoxy) is 1. The van der Waals surface area contributed by atoms with E-state index in [0.717, 1.165) is 22.1 Å². The molecule has 0 spiro atoms. The van der Waals surface area contributed by atoms with Crippen LogP contribution in [-0.2, 0) is 11.3 Å². The summed E-state index contributed by atoms with van der Waals surface area (Å²) < 4.78 is 5.21. The zero-order valence-corrected chi connectivity index (χ0v) is 12.7. The van der Waals surface area contributed by atoms with Crippen molar-refractivity contribution in [2.75, 3.05) is 7.11 Å². The molecule has 0 saturated heterocycles. The van der Waals surface area contributed by atoms with Gasteiger partial charge < -0.3 is 15.8 Å². The minimum Gasteiger partial charge on any atom is -0.497 e. The SMILES string of the molecule is COc1ccc2cc(CNC(=O)C(N)C(C)C)ccc2c1. The molecule has 0 aliphatic rings. The van der Waals surface area contributed by atoms with Crippen molar-refractivity contribution in [1.82, 2.24) is 5.32 Å². The van der Waals surface area contributed by atoms with Gasteiger partial charge in [0, 0.05) is 6.54 Å². The Balaban J connectivity index is 2.08. The molecular formula is C17H22N2O2. The molecule has 2 rings (SSSR count). The summed E-state index contributed by atoms with van der Waals surface area (Å²) in [4.78, 5) is 11.9. The molecule has 0 aliphatic heterocycles. The predicted molar refractivity (Wildman–Crippen MR) is 85.2 cm³/mol. The van der Waals surface area contributed by atoms with Crippen LogP contribution in [-0.4, -0.2) is 19.1 Å². The van der Waals surface area contributed by atoms with Crippen LogP contribution in [0.3, 0.4) is 0 Å². The van der Waals surface area contributed by atoms with Gasteiger partial charge in [0.1, 0.15) is 5.75 Å². The summed E-state index contributed by atoms with van der Waals surface area (Å²) in [5, 5.41) is 5.11. The number of fused-ring (bicyclic) bond motifs is 1. The number of methoxy groups -OCH3 is 1. The minimum atomic E-state index is -0.463. The van der Waals surface area contributed by atoms with Crippen molar-refractivity contribution in [3.05, 3.63) is 42.0 Å². The average molecular weight is 286 g/mol. The molecule has 4 heteroatoms. The Labute approximate surface area is 125 Å². The summed E-state index contributed by atoms with van der Waals surface area (Å²) in [5.41, 5.74) is 6.87. The third-order valence-corrected chi connectivity index (χ3v) is 3.60. The lowest BCUT2D eigenvalue weighted by Gasteiger charge is -2.15. The Bertz CT molecular complexity index is 638. The van der Waals surface area contributed by atoms with Gasteiger partial charge in [-0.1, -0.05) is 32.0 Å². The average Bonchev–Trinajstić information content (AvgIpc) is 2.50. The monoisotopic (exact) mass is 286 g/mol. The second-order valence-corrected chi connectivity index (χ2v) is 5.54. The van der Waals surface area contributed by atoms with E-state index in [-0.39, 0.29) is 11.8 Å². The minimum absolute atomic E-state index is 0.111. The summed E-state index contributed by atoms with van der Waals surface area (Å²) in [7, 11) is 1.66. The van der Waals surface area contributed by atoms with Gasteiger partial charge in [-0.15, -0.1) is 0 Å². The number of nitrogens with two attached hydrogens (primary N) is 1. The first-order chi connectivity index (χ1) is 10.0. The molecule has 2 aromatic rings. The maximum atomic E-state index is 11.9. The quantitative estimate of drug-likeness (QED) is 0.887. The smallest absolute Gasteiger partial charge is 0.237 e. The molecule has 0 radical (unpaired) electrons. The molecule has 0 aliphatic carbocycles. The lowest BCUT2D eigenvalue weighted by molar-refractivity contribution is -0.123.